The molecule has 0 bridgehead atoms. The van der Waals surface area contributed by atoms with Crippen molar-refractivity contribution in [3.05, 3.63) is 48.0 Å². The third-order valence-electron chi connectivity index (χ3n) is 4.61. The molecule has 3 rings (SSSR count). The fourth-order valence-electron chi connectivity index (χ4n) is 3.37. The summed E-state index contributed by atoms with van der Waals surface area (Å²) in [6, 6.07) is 12.3. The zero-order valence-corrected chi connectivity index (χ0v) is 13.0. The lowest BCUT2D eigenvalue weighted by atomic mass is 10.0. The topological polar surface area (TPSA) is 66.4 Å². The number of nitrogens with one attached hydrogen (secondary N) is 1. The first kappa shape index (κ1) is 15.5. The normalized spacial score (nSPS) is 16.3. The lowest BCUT2D eigenvalue weighted by Gasteiger charge is -2.17. The minimum absolute atomic E-state index is 0.169. The molecule has 2 aromatic carbocycles. The summed E-state index contributed by atoms with van der Waals surface area (Å²) in [4.78, 5) is 23.8. The zero-order chi connectivity index (χ0) is 16.2. The van der Waals surface area contributed by atoms with Crippen molar-refractivity contribution in [3.8, 4) is 0 Å². The second-order valence-electron chi connectivity index (χ2n) is 6.30. The lowest BCUT2D eigenvalue weighted by molar-refractivity contribution is -0.142. The van der Waals surface area contributed by atoms with Crippen LogP contribution in [0.2, 0.25) is 0 Å². The summed E-state index contributed by atoms with van der Waals surface area (Å²) >= 11 is 0. The summed E-state index contributed by atoms with van der Waals surface area (Å²) in [6.45, 7) is 0. The largest absolute Gasteiger partial charge is 0.479 e. The van der Waals surface area contributed by atoms with Crippen LogP contribution in [0, 0.1) is 5.92 Å². The summed E-state index contributed by atoms with van der Waals surface area (Å²) < 4.78 is 0. The number of carbonyl (C=O) groups excluding carboxylic acids is 1. The van der Waals surface area contributed by atoms with Crippen molar-refractivity contribution < 1.29 is 14.7 Å². The predicted octanol–water partition coefficient (Wildman–Crippen LogP) is 3.66. The van der Waals surface area contributed by atoms with E-state index in [9.17, 15) is 14.7 Å². The van der Waals surface area contributed by atoms with Crippen molar-refractivity contribution in [1.82, 2.24) is 5.32 Å². The van der Waals surface area contributed by atoms with E-state index in [1.54, 1.807) is 6.07 Å². The maximum absolute atomic E-state index is 12.2. The maximum atomic E-state index is 12.2. The highest BCUT2D eigenvalue weighted by Gasteiger charge is 2.25. The second kappa shape index (κ2) is 6.82. The van der Waals surface area contributed by atoms with E-state index in [1.807, 2.05) is 36.4 Å². The number of carbonyl (C=O) groups is 2. The minimum atomic E-state index is -1.03. The summed E-state index contributed by atoms with van der Waals surface area (Å²) in [6.07, 6.45) is 4.91. The first-order valence-electron chi connectivity index (χ1n) is 8.14. The SMILES string of the molecule is O=C(CC1CCCC1)NC(C(=O)O)c1ccc2ccccc2c1. The van der Waals surface area contributed by atoms with Crippen molar-refractivity contribution >= 4 is 22.6 Å². The molecule has 23 heavy (non-hydrogen) atoms. The van der Waals surface area contributed by atoms with Crippen molar-refractivity contribution in [2.45, 2.75) is 38.1 Å². The van der Waals surface area contributed by atoms with Gasteiger partial charge in [-0.25, -0.2) is 4.79 Å². The van der Waals surface area contributed by atoms with E-state index in [0.717, 1.165) is 23.6 Å². The van der Waals surface area contributed by atoms with Gasteiger partial charge in [-0.15, -0.1) is 0 Å². The average molecular weight is 311 g/mol. The van der Waals surface area contributed by atoms with E-state index in [2.05, 4.69) is 5.32 Å². The Bertz CT molecular complexity index is 719. The summed E-state index contributed by atoms with van der Waals surface area (Å²) in [5.74, 6) is -0.793. The summed E-state index contributed by atoms with van der Waals surface area (Å²) in [7, 11) is 0. The Balaban J connectivity index is 1.76. The predicted molar refractivity (Wildman–Crippen MR) is 89.0 cm³/mol. The number of hydrogen-bond acceptors (Lipinski definition) is 2. The summed E-state index contributed by atoms with van der Waals surface area (Å²) in [5, 5.41) is 14.2. The fraction of sp³-hybridized carbons (Fsp3) is 0.368. The molecule has 2 aromatic rings. The van der Waals surface area contributed by atoms with Crippen molar-refractivity contribution in [2.24, 2.45) is 5.92 Å². The third-order valence-corrected chi connectivity index (χ3v) is 4.61. The van der Waals surface area contributed by atoms with E-state index >= 15 is 0 Å². The van der Waals surface area contributed by atoms with Crippen molar-refractivity contribution in [3.63, 3.8) is 0 Å². The molecule has 0 heterocycles. The molecule has 0 radical (unpaired) electrons. The van der Waals surface area contributed by atoms with E-state index in [-0.39, 0.29) is 5.91 Å². The third kappa shape index (κ3) is 3.70. The molecule has 1 fully saturated rings. The molecule has 0 aromatic heterocycles. The van der Waals surface area contributed by atoms with Gasteiger partial charge in [0.1, 0.15) is 0 Å². The standard InChI is InChI=1S/C19H21NO3/c21-17(11-13-5-1-2-6-13)20-18(19(22)23)16-10-9-14-7-3-4-8-15(14)12-16/h3-4,7-10,12-13,18H,1-2,5-6,11H2,(H,20,21)(H,22,23). The van der Waals surface area contributed by atoms with Gasteiger partial charge in [-0.05, 0) is 41.2 Å². The monoisotopic (exact) mass is 311 g/mol. The van der Waals surface area contributed by atoms with Crippen LogP contribution < -0.4 is 5.32 Å². The van der Waals surface area contributed by atoms with Crippen LogP contribution in [0.4, 0.5) is 0 Å². The highest BCUT2D eigenvalue weighted by Crippen LogP contribution is 2.28. The van der Waals surface area contributed by atoms with Gasteiger partial charge in [0.2, 0.25) is 5.91 Å². The fourth-order valence-corrected chi connectivity index (χ4v) is 3.37. The minimum Gasteiger partial charge on any atom is -0.479 e. The second-order valence-corrected chi connectivity index (χ2v) is 6.30. The van der Waals surface area contributed by atoms with Gasteiger partial charge < -0.3 is 10.4 Å². The van der Waals surface area contributed by atoms with Crippen LogP contribution in [-0.4, -0.2) is 17.0 Å². The first-order chi connectivity index (χ1) is 11.1. The molecule has 1 aliphatic rings. The lowest BCUT2D eigenvalue weighted by Crippen LogP contribution is -2.34. The number of carboxylic acids is 1. The molecule has 1 aliphatic carbocycles. The van der Waals surface area contributed by atoms with Gasteiger partial charge in [0.05, 0.1) is 0 Å². The van der Waals surface area contributed by atoms with Crippen LogP contribution in [-0.2, 0) is 9.59 Å². The Morgan fingerprint density at radius 2 is 1.78 bits per heavy atom. The molecule has 1 saturated carbocycles. The molecule has 0 aliphatic heterocycles. The number of rotatable bonds is 5. The molecule has 1 amide bonds. The van der Waals surface area contributed by atoms with Gasteiger partial charge in [0, 0.05) is 6.42 Å². The quantitative estimate of drug-likeness (QED) is 0.885. The molecule has 120 valence electrons. The Morgan fingerprint density at radius 1 is 1.09 bits per heavy atom. The maximum Gasteiger partial charge on any atom is 0.330 e. The number of benzene rings is 2. The number of aliphatic carboxylic acids is 1. The van der Waals surface area contributed by atoms with Gasteiger partial charge in [0.25, 0.3) is 0 Å². The molecular weight excluding hydrogens is 290 g/mol. The van der Waals surface area contributed by atoms with Gasteiger partial charge in [-0.2, -0.15) is 0 Å². The number of amides is 1. The average Bonchev–Trinajstić information content (AvgIpc) is 3.05. The van der Waals surface area contributed by atoms with E-state index in [0.29, 0.717) is 17.9 Å². The molecule has 2 N–H and O–H groups in total. The van der Waals surface area contributed by atoms with Crippen molar-refractivity contribution in [2.75, 3.05) is 0 Å². The smallest absolute Gasteiger partial charge is 0.330 e. The van der Waals surface area contributed by atoms with E-state index in [1.165, 1.54) is 12.8 Å². The van der Waals surface area contributed by atoms with Gasteiger partial charge in [-0.1, -0.05) is 49.2 Å². The van der Waals surface area contributed by atoms with Crippen LogP contribution in [0.15, 0.2) is 42.5 Å². The molecule has 1 atom stereocenters. The molecular formula is C19H21NO3. The molecule has 4 nitrogen and oxygen atoms in total. The van der Waals surface area contributed by atoms with Crippen LogP contribution in [0.1, 0.15) is 43.7 Å². The number of hydrogen-bond donors (Lipinski definition) is 2. The number of carboxylic acid groups (broad SMARTS) is 1. The summed E-state index contributed by atoms with van der Waals surface area (Å²) in [5.41, 5.74) is 0.607. The highest BCUT2D eigenvalue weighted by molar-refractivity contribution is 5.88. The highest BCUT2D eigenvalue weighted by atomic mass is 16.4. The van der Waals surface area contributed by atoms with E-state index in [4.69, 9.17) is 0 Å². The van der Waals surface area contributed by atoms with Crippen LogP contribution in [0.25, 0.3) is 10.8 Å². The van der Waals surface area contributed by atoms with Crippen LogP contribution in [0.5, 0.6) is 0 Å². The van der Waals surface area contributed by atoms with Crippen molar-refractivity contribution in [1.29, 1.82) is 0 Å². The Kier molecular flexibility index (Phi) is 4.60. The van der Waals surface area contributed by atoms with Crippen LogP contribution >= 0.6 is 0 Å². The van der Waals surface area contributed by atoms with Gasteiger partial charge >= 0.3 is 5.97 Å². The Morgan fingerprint density at radius 3 is 2.48 bits per heavy atom. The number of fused-ring (bicyclic) bond motifs is 1. The molecule has 4 heteroatoms. The van der Waals surface area contributed by atoms with Gasteiger partial charge in [-0.3, -0.25) is 4.79 Å². The van der Waals surface area contributed by atoms with Gasteiger partial charge in [0.15, 0.2) is 6.04 Å². The molecule has 0 saturated heterocycles. The first-order valence-corrected chi connectivity index (χ1v) is 8.14. The molecule has 0 spiro atoms. The zero-order valence-electron chi connectivity index (χ0n) is 13.0. The van der Waals surface area contributed by atoms with E-state index < -0.39 is 12.0 Å². The molecule has 1 unspecified atom stereocenters. The Labute approximate surface area is 135 Å². The Hall–Kier alpha value is -2.36. The van der Waals surface area contributed by atoms with Crippen LogP contribution in [0.3, 0.4) is 0 Å².